The van der Waals surface area contributed by atoms with Crippen LogP contribution in [0.4, 0.5) is 5.13 Å². The molecule has 1 amide bonds. The predicted molar refractivity (Wildman–Crippen MR) is 92.2 cm³/mol. The molecule has 2 aromatic rings. The van der Waals surface area contributed by atoms with Crippen molar-refractivity contribution >= 4 is 22.4 Å². The number of carbonyl (C=O) groups is 1. The minimum Gasteiger partial charge on any atom is -0.375 e. The Morgan fingerprint density at radius 3 is 3.04 bits per heavy atom. The highest BCUT2D eigenvalue weighted by Crippen LogP contribution is 2.49. The maximum atomic E-state index is 13.0. The van der Waals surface area contributed by atoms with Crippen molar-refractivity contribution in [3.8, 4) is 10.4 Å². The minimum atomic E-state index is -0.0305. The number of rotatable bonds is 3. The summed E-state index contributed by atoms with van der Waals surface area (Å²) in [6.45, 7) is 3.36. The van der Waals surface area contributed by atoms with E-state index in [4.69, 9.17) is 11.5 Å². The highest BCUT2D eigenvalue weighted by atomic mass is 32.1. The van der Waals surface area contributed by atoms with Crippen molar-refractivity contribution in [1.29, 1.82) is 0 Å². The van der Waals surface area contributed by atoms with E-state index >= 15 is 0 Å². The van der Waals surface area contributed by atoms with Crippen LogP contribution in [0.3, 0.4) is 0 Å². The summed E-state index contributed by atoms with van der Waals surface area (Å²) in [6.07, 6.45) is 1.20. The summed E-state index contributed by atoms with van der Waals surface area (Å²) in [4.78, 5) is 20.1. The quantitative estimate of drug-likeness (QED) is 0.904. The zero-order valence-corrected chi connectivity index (χ0v) is 13.8. The van der Waals surface area contributed by atoms with E-state index in [1.54, 1.807) is 0 Å². The van der Waals surface area contributed by atoms with Gasteiger partial charge in [-0.15, -0.1) is 0 Å². The van der Waals surface area contributed by atoms with Gasteiger partial charge in [-0.05, 0) is 30.7 Å². The van der Waals surface area contributed by atoms with Gasteiger partial charge in [0.2, 0.25) is 0 Å². The van der Waals surface area contributed by atoms with Gasteiger partial charge in [-0.3, -0.25) is 4.79 Å². The lowest BCUT2D eigenvalue weighted by molar-refractivity contribution is 0.0708. The number of hydrogen-bond acceptors (Lipinski definition) is 5. The van der Waals surface area contributed by atoms with Crippen molar-refractivity contribution in [2.24, 2.45) is 17.6 Å². The molecule has 2 heterocycles. The van der Waals surface area contributed by atoms with Gasteiger partial charge < -0.3 is 16.4 Å². The molecule has 1 aromatic heterocycles. The summed E-state index contributed by atoms with van der Waals surface area (Å²) in [6, 6.07) is 8.24. The maximum absolute atomic E-state index is 13.0. The fourth-order valence-electron chi connectivity index (χ4n) is 3.71. The normalized spacial score (nSPS) is 25.5. The smallest absolute Gasteiger partial charge is 0.274 e. The van der Waals surface area contributed by atoms with Gasteiger partial charge in [0.15, 0.2) is 5.13 Å². The molecule has 23 heavy (non-hydrogen) atoms. The molecule has 1 saturated heterocycles. The Bertz CT molecular complexity index is 772. The number of hydrogen-bond donors (Lipinski definition) is 2. The van der Waals surface area contributed by atoms with Crippen LogP contribution in [-0.4, -0.2) is 34.9 Å². The fourth-order valence-corrected chi connectivity index (χ4v) is 4.53. The Hall–Kier alpha value is -1.92. The first-order valence-electron chi connectivity index (χ1n) is 7.93. The number of benzene rings is 1. The Kier molecular flexibility index (Phi) is 3.39. The van der Waals surface area contributed by atoms with Crippen LogP contribution in [0.1, 0.15) is 22.5 Å². The van der Waals surface area contributed by atoms with Crippen LogP contribution in [0.5, 0.6) is 0 Å². The van der Waals surface area contributed by atoms with Crippen LogP contribution < -0.4 is 11.5 Å². The van der Waals surface area contributed by atoms with E-state index in [0.717, 1.165) is 22.5 Å². The van der Waals surface area contributed by atoms with Crippen molar-refractivity contribution < 1.29 is 4.79 Å². The topological polar surface area (TPSA) is 85.2 Å². The SMILES string of the molecule is Cc1cccc(-c2sc(N)nc2C(=O)N2C[C@@H]3C[C@@H]3[C@H]2CN)c1. The number of nitrogen functional groups attached to an aromatic ring is 1. The zero-order chi connectivity index (χ0) is 16.1. The van der Waals surface area contributed by atoms with E-state index in [1.807, 2.05) is 30.0 Å². The maximum Gasteiger partial charge on any atom is 0.274 e. The first-order valence-corrected chi connectivity index (χ1v) is 8.74. The molecule has 3 atom stereocenters. The Balaban J connectivity index is 1.70. The second-order valence-electron chi connectivity index (χ2n) is 6.52. The molecule has 5 nitrogen and oxygen atoms in total. The number of carbonyl (C=O) groups excluding carboxylic acids is 1. The zero-order valence-electron chi connectivity index (χ0n) is 13.0. The third-order valence-corrected chi connectivity index (χ3v) is 5.87. The number of likely N-dealkylation sites (tertiary alicyclic amines) is 1. The van der Waals surface area contributed by atoms with Gasteiger partial charge in [0.25, 0.3) is 5.91 Å². The number of fused-ring (bicyclic) bond motifs is 1. The average molecular weight is 328 g/mol. The number of aryl methyl sites for hydroxylation is 1. The van der Waals surface area contributed by atoms with Gasteiger partial charge in [0.05, 0.1) is 4.88 Å². The molecule has 0 spiro atoms. The first kappa shape index (κ1) is 14.7. The predicted octanol–water partition coefficient (Wildman–Crippen LogP) is 2.12. The van der Waals surface area contributed by atoms with Crippen molar-refractivity contribution in [2.75, 3.05) is 18.8 Å². The molecule has 1 saturated carbocycles. The third-order valence-electron chi connectivity index (χ3n) is 4.93. The van der Waals surface area contributed by atoms with Gasteiger partial charge in [0, 0.05) is 19.1 Å². The van der Waals surface area contributed by atoms with Gasteiger partial charge in [0.1, 0.15) is 5.69 Å². The van der Waals surface area contributed by atoms with E-state index in [-0.39, 0.29) is 11.9 Å². The molecule has 0 bridgehead atoms. The van der Waals surface area contributed by atoms with E-state index in [2.05, 4.69) is 11.1 Å². The minimum absolute atomic E-state index is 0.0305. The van der Waals surface area contributed by atoms with Crippen LogP contribution >= 0.6 is 11.3 Å². The Morgan fingerprint density at radius 2 is 2.30 bits per heavy atom. The molecule has 6 heteroatoms. The van der Waals surface area contributed by atoms with E-state index < -0.39 is 0 Å². The Morgan fingerprint density at radius 1 is 1.48 bits per heavy atom. The van der Waals surface area contributed by atoms with Gasteiger partial charge >= 0.3 is 0 Å². The van der Waals surface area contributed by atoms with Gasteiger partial charge in [-0.1, -0.05) is 41.2 Å². The molecular formula is C17H20N4OS. The number of nitrogens with zero attached hydrogens (tertiary/aromatic N) is 2. The van der Waals surface area contributed by atoms with Gasteiger partial charge in [-0.25, -0.2) is 4.98 Å². The van der Waals surface area contributed by atoms with Crippen molar-refractivity contribution in [2.45, 2.75) is 19.4 Å². The highest BCUT2D eigenvalue weighted by molar-refractivity contribution is 7.19. The molecule has 4 N–H and O–H groups in total. The van der Waals surface area contributed by atoms with Crippen LogP contribution in [0.15, 0.2) is 24.3 Å². The third kappa shape index (κ3) is 2.42. The lowest BCUT2D eigenvalue weighted by Gasteiger charge is -2.26. The monoisotopic (exact) mass is 328 g/mol. The molecular weight excluding hydrogens is 308 g/mol. The molecule has 0 radical (unpaired) electrons. The van der Waals surface area contributed by atoms with Gasteiger partial charge in [-0.2, -0.15) is 0 Å². The largest absolute Gasteiger partial charge is 0.375 e. The lowest BCUT2D eigenvalue weighted by atomic mass is 10.1. The molecule has 4 rings (SSSR count). The van der Waals surface area contributed by atoms with Crippen molar-refractivity contribution in [3.63, 3.8) is 0 Å². The second-order valence-corrected chi connectivity index (χ2v) is 7.55. The summed E-state index contributed by atoms with van der Waals surface area (Å²) >= 11 is 1.37. The summed E-state index contributed by atoms with van der Waals surface area (Å²) in [5, 5.41) is 0.429. The van der Waals surface area contributed by atoms with E-state index in [0.29, 0.717) is 29.2 Å². The lowest BCUT2D eigenvalue weighted by Crippen LogP contribution is -2.43. The molecule has 1 aliphatic heterocycles. The summed E-state index contributed by atoms with van der Waals surface area (Å²) in [5.74, 6) is 1.19. The number of nitrogens with two attached hydrogens (primary N) is 2. The molecule has 2 fully saturated rings. The summed E-state index contributed by atoms with van der Waals surface area (Å²) < 4.78 is 0. The molecule has 1 aromatic carbocycles. The molecule has 2 aliphatic rings. The summed E-state index contributed by atoms with van der Waals surface area (Å²) in [7, 11) is 0. The van der Waals surface area contributed by atoms with Crippen molar-refractivity contribution in [3.05, 3.63) is 35.5 Å². The first-order chi connectivity index (χ1) is 11.1. The van der Waals surface area contributed by atoms with Crippen LogP contribution in [-0.2, 0) is 0 Å². The van der Waals surface area contributed by atoms with Crippen molar-refractivity contribution in [1.82, 2.24) is 9.88 Å². The van der Waals surface area contributed by atoms with Crippen LogP contribution in [0.25, 0.3) is 10.4 Å². The second kappa shape index (κ2) is 5.32. The molecule has 0 unspecified atom stereocenters. The molecule has 120 valence electrons. The highest BCUT2D eigenvalue weighted by Gasteiger charge is 2.53. The number of piperidine rings is 1. The van der Waals surface area contributed by atoms with Crippen LogP contribution in [0.2, 0.25) is 0 Å². The fraction of sp³-hybridized carbons (Fsp3) is 0.412. The number of aromatic nitrogens is 1. The number of anilines is 1. The number of thiazole rings is 1. The average Bonchev–Trinajstić information content (AvgIpc) is 3.03. The number of amides is 1. The van der Waals surface area contributed by atoms with Crippen LogP contribution in [0, 0.1) is 18.8 Å². The molecule has 1 aliphatic carbocycles. The summed E-state index contributed by atoms with van der Waals surface area (Å²) in [5.41, 5.74) is 14.4. The van der Waals surface area contributed by atoms with E-state index in [1.165, 1.54) is 17.8 Å². The standard InChI is InChI=1S/C17H20N4OS/c1-9-3-2-4-10(5-9)15-14(20-17(19)23-15)16(22)21-8-11-6-12(11)13(21)7-18/h2-5,11-13H,6-8,18H2,1H3,(H2,19,20)/t11-,12-,13+/m0/s1. The van der Waals surface area contributed by atoms with E-state index in [9.17, 15) is 4.79 Å². The Labute approximate surface area is 139 Å².